The van der Waals surface area contributed by atoms with Gasteiger partial charge in [-0.15, -0.1) is 0 Å². The van der Waals surface area contributed by atoms with Crippen LogP contribution in [0.4, 0.5) is 5.82 Å². The quantitative estimate of drug-likeness (QED) is 0.861. The molecule has 7 nitrogen and oxygen atoms in total. The predicted octanol–water partition coefficient (Wildman–Crippen LogP) is 1.61. The van der Waals surface area contributed by atoms with Crippen LogP contribution in [0, 0.1) is 6.92 Å². The molecule has 1 aliphatic carbocycles. The fraction of sp³-hybridized carbons (Fsp3) is 0.429. The van der Waals surface area contributed by atoms with E-state index in [2.05, 4.69) is 20.4 Å². The lowest BCUT2D eigenvalue weighted by atomic mass is 10.1. The number of carbonyl (C=O) groups is 1. The number of nitrogens with zero attached hydrogens (tertiary/aromatic N) is 3. The maximum absolute atomic E-state index is 11.3. The lowest BCUT2D eigenvalue weighted by Gasteiger charge is -2.10. The van der Waals surface area contributed by atoms with Gasteiger partial charge < -0.3 is 14.9 Å². The Labute approximate surface area is 121 Å². The van der Waals surface area contributed by atoms with E-state index in [0.29, 0.717) is 30.5 Å². The van der Waals surface area contributed by atoms with Crippen molar-refractivity contribution in [2.24, 2.45) is 0 Å². The highest BCUT2D eigenvalue weighted by Gasteiger charge is 2.19. The van der Waals surface area contributed by atoms with E-state index in [1.807, 2.05) is 0 Å². The zero-order chi connectivity index (χ0) is 14.8. The maximum atomic E-state index is 11.3. The molecule has 2 heterocycles. The summed E-state index contributed by atoms with van der Waals surface area (Å²) in [5.41, 5.74) is 2.26. The molecule has 0 aromatic carbocycles. The van der Waals surface area contributed by atoms with Crippen molar-refractivity contribution in [2.75, 3.05) is 11.9 Å². The Morgan fingerprint density at radius 3 is 3.00 bits per heavy atom. The monoisotopic (exact) mass is 288 g/mol. The van der Waals surface area contributed by atoms with Gasteiger partial charge >= 0.3 is 5.97 Å². The Morgan fingerprint density at radius 1 is 1.43 bits per heavy atom. The normalized spacial score (nSPS) is 13.2. The summed E-state index contributed by atoms with van der Waals surface area (Å²) in [4.78, 5) is 19.9. The van der Waals surface area contributed by atoms with Crippen LogP contribution < -0.4 is 5.32 Å². The number of aromatic carboxylic acids is 1. The molecular formula is C14H16N4O3. The molecule has 0 unspecified atom stereocenters. The van der Waals surface area contributed by atoms with Gasteiger partial charge in [-0.1, -0.05) is 5.16 Å². The van der Waals surface area contributed by atoms with Gasteiger partial charge in [0.2, 0.25) is 5.89 Å². The Hall–Kier alpha value is -2.44. The summed E-state index contributed by atoms with van der Waals surface area (Å²) in [6.45, 7) is 2.25. The third kappa shape index (κ3) is 2.86. The first kappa shape index (κ1) is 13.5. The molecule has 0 radical (unpaired) electrons. The van der Waals surface area contributed by atoms with Gasteiger partial charge in [-0.05, 0) is 37.8 Å². The number of carboxylic acids is 1. The number of aryl methyl sites for hydroxylation is 3. The van der Waals surface area contributed by atoms with E-state index in [0.717, 1.165) is 30.5 Å². The third-order valence-electron chi connectivity index (χ3n) is 3.48. The molecule has 110 valence electrons. The first-order valence-corrected chi connectivity index (χ1v) is 6.92. The highest BCUT2D eigenvalue weighted by Crippen LogP contribution is 2.25. The first-order chi connectivity index (χ1) is 10.1. The van der Waals surface area contributed by atoms with Crippen LogP contribution in [-0.2, 0) is 19.3 Å². The smallest absolute Gasteiger partial charge is 0.339 e. The number of nitrogens with one attached hydrogen (secondary N) is 1. The molecule has 0 amide bonds. The van der Waals surface area contributed by atoms with Gasteiger partial charge in [0.15, 0.2) is 5.82 Å². The molecule has 2 aromatic rings. The van der Waals surface area contributed by atoms with E-state index >= 15 is 0 Å². The molecule has 0 spiro atoms. The summed E-state index contributed by atoms with van der Waals surface area (Å²) in [5.74, 6) is 0.567. The van der Waals surface area contributed by atoms with E-state index in [1.165, 1.54) is 0 Å². The van der Waals surface area contributed by atoms with Gasteiger partial charge in [-0.25, -0.2) is 9.78 Å². The second-order valence-electron chi connectivity index (χ2n) is 5.06. The summed E-state index contributed by atoms with van der Waals surface area (Å²) in [6.07, 6.45) is 3.38. The van der Waals surface area contributed by atoms with E-state index in [1.54, 1.807) is 13.0 Å². The zero-order valence-corrected chi connectivity index (χ0v) is 11.7. The van der Waals surface area contributed by atoms with Crippen LogP contribution in [0.25, 0.3) is 0 Å². The van der Waals surface area contributed by atoms with Crippen molar-refractivity contribution in [2.45, 2.75) is 32.6 Å². The molecular weight excluding hydrogens is 272 g/mol. The van der Waals surface area contributed by atoms with Crippen molar-refractivity contribution < 1.29 is 14.4 Å². The molecule has 0 fully saturated rings. The molecule has 3 rings (SSSR count). The zero-order valence-electron chi connectivity index (χ0n) is 11.7. The predicted molar refractivity (Wildman–Crippen MR) is 74.5 cm³/mol. The number of fused-ring (bicyclic) bond motifs is 1. The van der Waals surface area contributed by atoms with Crippen molar-refractivity contribution in [3.05, 3.63) is 34.6 Å². The number of rotatable bonds is 5. The van der Waals surface area contributed by atoms with Crippen LogP contribution in [0.2, 0.25) is 0 Å². The number of hydrogen-bond donors (Lipinski definition) is 2. The first-order valence-electron chi connectivity index (χ1n) is 6.92. The minimum Gasteiger partial charge on any atom is -0.478 e. The van der Waals surface area contributed by atoms with Gasteiger partial charge in [-0.3, -0.25) is 0 Å². The number of pyridine rings is 1. The average molecular weight is 288 g/mol. The van der Waals surface area contributed by atoms with Crippen LogP contribution in [0.15, 0.2) is 10.6 Å². The van der Waals surface area contributed by atoms with Crippen molar-refractivity contribution in [1.29, 1.82) is 0 Å². The highest BCUT2D eigenvalue weighted by molar-refractivity contribution is 5.93. The van der Waals surface area contributed by atoms with E-state index in [4.69, 9.17) is 4.52 Å². The molecule has 0 aliphatic heterocycles. The summed E-state index contributed by atoms with van der Waals surface area (Å²) in [5, 5.41) is 16.1. The summed E-state index contributed by atoms with van der Waals surface area (Å²) >= 11 is 0. The Morgan fingerprint density at radius 2 is 2.29 bits per heavy atom. The maximum Gasteiger partial charge on any atom is 0.339 e. The van der Waals surface area contributed by atoms with Gasteiger partial charge in [0, 0.05) is 18.7 Å². The van der Waals surface area contributed by atoms with E-state index in [9.17, 15) is 9.90 Å². The van der Waals surface area contributed by atoms with Crippen LogP contribution >= 0.6 is 0 Å². The minimum absolute atomic E-state index is 0.220. The molecule has 0 saturated heterocycles. The Kier molecular flexibility index (Phi) is 3.55. The van der Waals surface area contributed by atoms with Crippen molar-refractivity contribution in [1.82, 2.24) is 15.1 Å². The third-order valence-corrected chi connectivity index (χ3v) is 3.48. The van der Waals surface area contributed by atoms with Crippen LogP contribution in [0.1, 0.15) is 39.8 Å². The summed E-state index contributed by atoms with van der Waals surface area (Å²) in [7, 11) is 0. The molecule has 2 N–H and O–H groups in total. The van der Waals surface area contributed by atoms with Crippen molar-refractivity contribution in [3.8, 4) is 0 Å². The second kappa shape index (κ2) is 5.51. The largest absolute Gasteiger partial charge is 0.478 e. The molecule has 0 saturated carbocycles. The lowest BCUT2D eigenvalue weighted by Crippen LogP contribution is -2.13. The average Bonchev–Trinajstić information content (AvgIpc) is 3.06. The number of aromatic nitrogens is 3. The molecule has 1 aliphatic rings. The fourth-order valence-corrected chi connectivity index (χ4v) is 2.50. The second-order valence-corrected chi connectivity index (χ2v) is 5.06. The Bertz CT molecular complexity index is 681. The lowest BCUT2D eigenvalue weighted by molar-refractivity contribution is 0.0697. The topological polar surface area (TPSA) is 101 Å². The summed E-state index contributed by atoms with van der Waals surface area (Å²) in [6, 6.07) is 1.73. The van der Waals surface area contributed by atoms with E-state index < -0.39 is 5.97 Å². The van der Waals surface area contributed by atoms with Gasteiger partial charge in [0.1, 0.15) is 11.4 Å². The van der Waals surface area contributed by atoms with Crippen molar-refractivity contribution >= 4 is 11.8 Å². The van der Waals surface area contributed by atoms with Crippen molar-refractivity contribution in [3.63, 3.8) is 0 Å². The Balaban J connectivity index is 1.73. The number of carboxylic acid groups (broad SMARTS) is 1. The number of anilines is 1. The molecule has 7 heteroatoms. The van der Waals surface area contributed by atoms with Gasteiger partial charge in [0.05, 0.1) is 0 Å². The highest BCUT2D eigenvalue weighted by atomic mass is 16.5. The SMILES string of the molecule is Cc1noc(CCNc2nc3c(cc2C(=O)O)CCC3)n1. The van der Waals surface area contributed by atoms with Crippen LogP contribution in [0.3, 0.4) is 0 Å². The number of hydrogen-bond acceptors (Lipinski definition) is 6. The molecule has 0 atom stereocenters. The fourth-order valence-electron chi connectivity index (χ4n) is 2.50. The van der Waals surface area contributed by atoms with E-state index in [-0.39, 0.29) is 5.56 Å². The van der Waals surface area contributed by atoms with Gasteiger partial charge in [0.25, 0.3) is 0 Å². The molecule has 2 aromatic heterocycles. The van der Waals surface area contributed by atoms with Crippen LogP contribution in [0.5, 0.6) is 0 Å². The standard InChI is InChI=1S/C14H16N4O3/c1-8-16-12(21-18-8)5-6-15-13-10(14(19)20)7-9-3-2-4-11(9)17-13/h7H,2-6H2,1H3,(H,15,17)(H,19,20). The minimum atomic E-state index is -0.965. The van der Waals surface area contributed by atoms with Crippen LogP contribution in [-0.4, -0.2) is 32.7 Å². The summed E-state index contributed by atoms with van der Waals surface area (Å²) < 4.78 is 5.02. The molecule has 0 bridgehead atoms. The molecule has 21 heavy (non-hydrogen) atoms. The van der Waals surface area contributed by atoms with Gasteiger partial charge in [-0.2, -0.15) is 4.98 Å².